The zero-order valence-electron chi connectivity index (χ0n) is 12.2. The van der Waals surface area contributed by atoms with Gasteiger partial charge in [-0.25, -0.2) is 0 Å². The topological polar surface area (TPSA) is 39.3 Å². The van der Waals surface area contributed by atoms with Crippen LogP contribution in [-0.2, 0) is 6.42 Å². The number of para-hydroxylation sites is 1. The molecule has 2 aromatic carbocycles. The first-order valence-corrected chi connectivity index (χ1v) is 7.61. The lowest BCUT2D eigenvalue weighted by Gasteiger charge is -2.28. The summed E-state index contributed by atoms with van der Waals surface area (Å²) in [7, 11) is 0. The predicted molar refractivity (Wildman–Crippen MR) is 88.7 cm³/mol. The van der Waals surface area contributed by atoms with E-state index in [2.05, 4.69) is 47.5 Å². The Morgan fingerprint density at radius 2 is 1.82 bits per heavy atom. The molecule has 1 atom stereocenters. The normalized spacial score (nSPS) is 18.9. The van der Waals surface area contributed by atoms with Gasteiger partial charge in [0.05, 0.1) is 6.04 Å². The molecule has 2 heterocycles. The second-order valence-electron chi connectivity index (χ2n) is 5.69. The standard InChI is InChI=1S/C19H18N2O/c22-21-13-12-16-15-8-4-5-9-17(15)20-19(16)18(21)11-10-14-6-2-1-3-7-14/h1-11,18,20,22H,12-13H2/b11-10+. The molecule has 1 aromatic heterocycles. The summed E-state index contributed by atoms with van der Waals surface area (Å²) in [6.45, 7) is 0.651. The number of hydrogen-bond donors (Lipinski definition) is 2. The van der Waals surface area contributed by atoms with Crippen molar-refractivity contribution in [2.24, 2.45) is 0 Å². The number of H-pyrrole nitrogens is 1. The van der Waals surface area contributed by atoms with E-state index in [4.69, 9.17) is 0 Å². The molecule has 1 aliphatic heterocycles. The van der Waals surface area contributed by atoms with Crippen molar-refractivity contribution in [3.05, 3.63) is 77.5 Å². The van der Waals surface area contributed by atoms with E-state index in [1.807, 2.05) is 24.3 Å². The minimum Gasteiger partial charge on any atom is -0.357 e. The first-order valence-electron chi connectivity index (χ1n) is 7.61. The van der Waals surface area contributed by atoms with Gasteiger partial charge in [0, 0.05) is 23.1 Å². The fraction of sp³-hybridized carbons (Fsp3) is 0.158. The number of nitrogens with one attached hydrogen (secondary N) is 1. The fourth-order valence-electron chi connectivity index (χ4n) is 3.22. The number of hydrogen-bond acceptors (Lipinski definition) is 2. The summed E-state index contributed by atoms with van der Waals surface area (Å²) >= 11 is 0. The zero-order valence-corrected chi connectivity index (χ0v) is 12.2. The Labute approximate surface area is 129 Å². The lowest BCUT2D eigenvalue weighted by Crippen LogP contribution is -2.31. The van der Waals surface area contributed by atoms with Gasteiger partial charge in [-0.05, 0) is 23.6 Å². The third-order valence-corrected chi connectivity index (χ3v) is 4.32. The summed E-state index contributed by atoms with van der Waals surface area (Å²) in [5, 5.41) is 13.0. The van der Waals surface area contributed by atoms with Gasteiger partial charge in [0.1, 0.15) is 0 Å². The molecule has 0 saturated heterocycles. The molecule has 4 rings (SSSR count). The second-order valence-corrected chi connectivity index (χ2v) is 5.69. The number of hydroxylamine groups is 2. The van der Waals surface area contributed by atoms with Crippen LogP contribution in [0.15, 0.2) is 60.7 Å². The monoisotopic (exact) mass is 290 g/mol. The van der Waals surface area contributed by atoms with Crippen molar-refractivity contribution >= 4 is 17.0 Å². The van der Waals surface area contributed by atoms with Crippen molar-refractivity contribution in [1.29, 1.82) is 0 Å². The zero-order chi connectivity index (χ0) is 14.9. The van der Waals surface area contributed by atoms with Crippen molar-refractivity contribution in [1.82, 2.24) is 10.0 Å². The maximum Gasteiger partial charge on any atom is 0.0935 e. The van der Waals surface area contributed by atoms with Crippen molar-refractivity contribution in [2.45, 2.75) is 12.5 Å². The molecule has 0 amide bonds. The summed E-state index contributed by atoms with van der Waals surface area (Å²) in [5.74, 6) is 0. The van der Waals surface area contributed by atoms with Crippen LogP contribution in [0.1, 0.15) is 22.9 Å². The van der Waals surface area contributed by atoms with Gasteiger partial charge >= 0.3 is 0 Å². The van der Waals surface area contributed by atoms with Crippen LogP contribution in [0.5, 0.6) is 0 Å². The summed E-state index contributed by atoms with van der Waals surface area (Å²) in [4.78, 5) is 3.48. The Morgan fingerprint density at radius 1 is 1.05 bits per heavy atom. The van der Waals surface area contributed by atoms with Crippen LogP contribution < -0.4 is 0 Å². The van der Waals surface area contributed by atoms with Gasteiger partial charge in [0.25, 0.3) is 0 Å². The van der Waals surface area contributed by atoms with E-state index in [0.29, 0.717) is 6.54 Å². The first kappa shape index (κ1) is 13.3. The van der Waals surface area contributed by atoms with E-state index in [1.54, 1.807) is 0 Å². The van der Waals surface area contributed by atoms with E-state index >= 15 is 0 Å². The molecule has 22 heavy (non-hydrogen) atoms. The molecule has 0 spiro atoms. The van der Waals surface area contributed by atoms with Crippen molar-refractivity contribution in [3.63, 3.8) is 0 Å². The molecule has 0 radical (unpaired) electrons. The van der Waals surface area contributed by atoms with Crippen LogP contribution in [0.25, 0.3) is 17.0 Å². The molecule has 3 nitrogen and oxygen atoms in total. The molecule has 0 bridgehead atoms. The SMILES string of the molecule is ON1CCc2c([nH]c3ccccc23)C1/C=C/c1ccccc1. The average molecular weight is 290 g/mol. The van der Waals surface area contributed by atoms with Crippen molar-refractivity contribution in [2.75, 3.05) is 6.54 Å². The minimum absolute atomic E-state index is 0.128. The molecular formula is C19H18N2O. The quantitative estimate of drug-likeness (QED) is 0.743. The number of benzene rings is 2. The van der Waals surface area contributed by atoms with E-state index in [1.165, 1.54) is 16.0 Å². The van der Waals surface area contributed by atoms with Gasteiger partial charge in [0.2, 0.25) is 0 Å². The highest BCUT2D eigenvalue weighted by atomic mass is 16.5. The Kier molecular flexibility index (Phi) is 3.29. The highest BCUT2D eigenvalue weighted by molar-refractivity contribution is 5.85. The van der Waals surface area contributed by atoms with E-state index in [0.717, 1.165) is 23.2 Å². The summed E-state index contributed by atoms with van der Waals surface area (Å²) in [6, 6.07) is 18.4. The van der Waals surface area contributed by atoms with Crippen LogP contribution >= 0.6 is 0 Å². The van der Waals surface area contributed by atoms with Gasteiger partial charge in [-0.15, -0.1) is 0 Å². The second kappa shape index (κ2) is 5.44. The first-order chi connectivity index (χ1) is 10.8. The number of rotatable bonds is 2. The Balaban J connectivity index is 1.76. The van der Waals surface area contributed by atoms with Gasteiger partial charge < -0.3 is 10.2 Å². The minimum atomic E-state index is -0.128. The number of aromatic amines is 1. The number of fused-ring (bicyclic) bond motifs is 3. The van der Waals surface area contributed by atoms with E-state index < -0.39 is 0 Å². The predicted octanol–water partition coefficient (Wildman–Crippen LogP) is 4.17. The molecular weight excluding hydrogens is 272 g/mol. The number of nitrogens with zero attached hydrogens (tertiary/aromatic N) is 1. The van der Waals surface area contributed by atoms with Crippen LogP contribution in [0.2, 0.25) is 0 Å². The third-order valence-electron chi connectivity index (χ3n) is 4.32. The van der Waals surface area contributed by atoms with E-state index in [9.17, 15) is 5.21 Å². The van der Waals surface area contributed by atoms with Gasteiger partial charge in [-0.1, -0.05) is 60.7 Å². The highest BCUT2D eigenvalue weighted by Gasteiger charge is 2.27. The fourth-order valence-corrected chi connectivity index (χ4v) is 3.22. The highest BCUT2D eigenvalue weighted by Crippen LogP contribution is 2.34. The molecule has 0 aliphatic carbocycles. The smallest absolute Gasteiger partial charge is 0.0935 e. The molecule has 2 N–H and O–H groups in total. The van der Waals surface area contributed by atoms with Crippen molar-refractivity contribution < 1.29 is 5.21 Å². The number of aromatic nitrogens is 1. The molecule has 1 unspecified atom stereocenters. The maximum atomic E-state index is 10.3. The molecule has 110 valence electrons. The van der Waals surface area contributed by atoms with Gasteiger partial charge in [0.15, 0.2) is 0 Å². The maximum absolute atomic E-state index is 10.3. The van der Waals surface area contributed by atoms with Crippen LogP contribution in [-0.4, -0.2) is 21.8 Å². The summed E-state index contributed by atoms with van der Waals surface area (Å²) in [6.07, 6.45) is 4.99. The average Bonchev–Trinajstić information content (AvgIpc) is 2.93. The largest absolute Gasteiger partial charge is 0.357 e. The van der Waals surface area contributed by atoms with E-state index in [-0.39, 0.29) is 6.04 Å². The van der Waals surface area contributed by atoms with Crippen LogP contribution in [0, 0.1) is 0 Å². The summed E-state index contributed by atoms with van der Waals surface area (Å²) in [5.41, 5.74) is 4.70. The lowest BCUT2D eigenvalue weighted by molar-refractivity contribution is -0.119. The Morgan fingerprint density at radius 3 is 2.68 bits per heavy atom. The Hall–Kier alpha value is -2.36. The molecule has 1 aliphatic rings. The lowest BCUT2D eigenvalue weighted by atomic mass is 9.98. The Bertz CT molecular complexity index is 820. The van der Waals surface area contributed by atoms with Gasteiger partial charge in [-0.3, -0.25) is 0 Å². The molecule has 3 heteroatoms. The van der Waals surface area contributed by atoms with Crippen molar-refractivity contribution in [3.8, 4) is 0 Å². The molecule has 0 fully saturated rings. The summed E-state index contributed by atoms with van der Waals surface area (Å²) < 4.78 is 0. The van der Waals surface area contributed by atoms with Crippen LogP contribution in [0.4, 0.5) is 0 Å². The van der Waals surface area contributed by atoms with Gasteiger partial charge in [-0.2, -0.15) is 5.06 Å². The molecule has 3 aromatic rings. The van der Waals surface area contributed by atoms with Crippen LogP contribution in [0.3, 0.4) is 0 Å². The third kappa shape index (κ3) is 2.25. The molecule has 0 saturated carbocycles.